The SMILES string of the molecule is CC(O)CCCCn1c(=O)c2c(ncn2C)n(C)c1=O.Cl. The molecule has 8 heteroatoms. The molecule has 1 atom stereocenters. The number of nitrogens with zero attached hydrogens (tertiary/aromatic N) is 4. The number of aliphatic hydroxyl groups is 1. The topological polar surface area (TPSA) is 82.1 Å². The summed E-state index contributed by atoms with van der Waals surface area (Å²) in [5.74, 6) is 0. The molecule has 0 fully saturated rings. The quantitative estimate of drug-likeness (QED) is 0.810. The minimum Gasteiger partial charge on any atom is -0.393 e. The maximum Gasteiger partial charge on any atom is 0.332 e. The minimum absolute atomic E-state index is 0. The van der Waals surface area contributed by atoms with Gasteiger partial charge < -0.3 is 9.67 Å². The fraction of sp³-hybridized carbons (Fsp3) is 0.615. The summed E-state index contributed by atoms with van der Waals surface area (Å²) >= 11 is 0. The van der Waals surface area contributed by atoms with Gasteiger partial charge in [0.15, 0.2) is 11.2 Å². The third-order valence-electron chi connectivity index (χ3n) is 3.45. The van der Waals surface area contributed by atoms with Crippen molar-refractivity contribution in [2.75, 3.05) is 0 Å². The summed E-state index contributed by atoms with van der Waals surface area (Å²) in [6.07, 6.45) is 3.31. The van der Waals surface area contributed by atoms with Crippen molar-refractivity contribution in [1.82, 2.24) is 18.7 Å². The third-order valence-corrected chi connectivity index (χ3v) is 3.45. The molecular formula is C13H21ClN4O3. The van der Waals surface area contributed by atoms with Crippen LogP contribution in [0, 0.1) is 0 Å². The lowest BCUT2D eigenvalue weighted by Gasteiger charge is -2.09. The van der Waals surface area contributed by atoms with Crippen molar-refractivity contribution in [3.8, 4) is 0 Å². The van der Waals surface area contributed by atoms with E-state index in [0.717, 1.165) is 6.42 Å². The van der Waals surface area contributed by atoms with Gasteiger partial charge >= 0.3 is 5.69 Å². The summed E-state index contributed by atoms with van der Waals surface area (Å²) in [5.41, 5.74) is 0.184. The molecule has 0 aromatic carbocycles. The standard InChI is InChI=1S/C13H20N4O3.ClH/c1-9(18)6-4-5-7-17-12(19)10-11(14-8-15(10)2)16(3)13(17)20;/h8-9,18H,4-7H2,1-3H3;1H. The zero-order valence-corrected chi connectivity index (χ0v) is 13.3. The van der Waals surface area contributed by atoms with Gasteiger partial charge in [0.25, 0.3) is 5.56 Å². The van der Waals surface area contributed by atoms with E-state index in [9.17, 15) is 14.7 Å². The zero-order valence-electron chi connectivity index (χ0n) is 12.4. The summed E-state index contributed by atoms with van der Waals surface area (Å²) in [6, 6.07) is 0. The Hall–Kier alpha value is -1.60. The number of hydrogen-bond acceptors (Lipinski definition) is 4. The van der Waals surface area contributed by atoms with Crippen molar-refractivity contribution in [3.05, 3.63) is 27.2 Å². The van der Waals surface area contributed by atoms with E-state index in [1.165, 1.54) is 15.5 Å². The van der Waals surface area contributed by atoms with Gasteiger partial charge in [0.1, 0.15) is 0 Å². The number of unbranched alkanes of at least 4 members (excludes halogenated alkanes) is 1. The molecule has 21 heavy (non-hydrogen) atoms. The van der Waals surface area contributed by atoms with Crippen molar-refractivity contribution >= 4 is 23.6 Å². The molecule has 118 valence electrons. The second kappa shape index (κ2) is 6.91. The van der Waals surface area contributed by atoms with Crippen LogP contribution in [0.2, 0.25) is 0 Å². The van der Waals surface area contributed by atoms with Crippen LogP contribution < -0.4 is 11.2 Å². The van der Waals surface area contributed by atoms with Crippen LogP contribution in [0.15, 0.2) is 15.9 Å². The number of halogens is 1. The van der Waals surface area contributed by atoms with Gasteiger partial charge in [-0.05, 0) is 26.2 Å². The number of aliphatic hydroxyl groups excluding tert-OH is 1. The second-order valence-electron chi connectivity index (χ2n) is 5.17. The molecule has 7 nitrogen and oxygen atoms in total. The number of imidazole rings is 1. The van der Waals surface area contributed by atoms with E-state index in [1.807, 2.05) is 0 Å². The fourth-order valence-corrected chi connectivity index (χ4v) is 2.30. The predicted octanol–water partition coefficient (Wildman–Crippen LogP) is 0.407. The van der Waals surface area contributed by atoms with Gasteiger partial charge in [-0.1, -0.05) is 0 Å². The van der Waals surface area contributed by atoms with E-state index in [2.05, 4.69) is 4.98 Å². The molecule has 0 aliphatic carbocycles. The van der Waals surface area contributed by atoms with Gasteiger partial charge in [-0.15, -0.1) is 12.4 Å². The van der Waals surface area contributed by atoms with Crippen LogP contribution >= 0.6 is 12.4 Å². The molecule has 0 aliphatic heterocycles. The van der Waals surface area contributed by atoms with Crippen LogP contribution in [0.1, 0.15) is 26.2 Å². The lowest BCUT2D eigenvalue weighted by molar-refractivity contribution is 0.180. The molecular weight excluding hydrogens is 296 g/mol. The van der Waals surface area contributed by atoms with Crippen LogP contribution in [-0.4, -0.2) is 29.9 Å². The first-order valence-corrected chi connectivity index (χ1v) is 6.72. The molecule has 0 radical (unpaired) electrons. The highest BCUT2D eigenvalue weighted by Gasteiger charge is 2.14. The number of fused-ring (bicyclic) bond motifs is 1. The molecule has 0 saturated carbocycles. The summed E-state index contributed by atoms with van der Waals surface area (Å²) in [7, 11) is 3.35. The predicted molar refractivity (Wildman–Crippen MR) is 83.0 cm³/mol. The molecule has 1 N–H and O–H groups in total. The number of aromatic nitrogens is 4. The first kappa shape index (κ1) is 17.5. The average molecular weight is 317 g/mol. The van der Waals surface area contributed by atoms with Crippen LogP contribution in [-0.2, 0) is 20.6 Å². The van der Waals surface area contributed by atoms with Gasteiger partial charge in [-0.3, -0.25) is 13.9 Å². The third kappa shape index (κ3) is 3.36. The van der Waals surface area contributed by atoms with E-state index in [0.29, 0.717) is 30.6 Å². The van der Waals surface area contributed by atoms with Gasteiger partial charge in [0.05, 0.1) is 12.4 Å². The highest BCUT2D eigenvalue weighted by molar-refractivity contribution is 5.85. The van der Waals surface area contributed by atoms with Crippen molar-refractivity contribution in [1.29, 1.82) is 0 Å². The van der Waals surface area contributed by atoms with E-state index in [-0.39, 0.29) is 29.8 Å². The summed E-state index contributed by atoms with van der Waals surface area (Å²) < 4.78 is 4.26. The van der Waals surface area contributed by atoms with Gasteiger partial charge in [0, 0.05) is 20.6 Å². The van der Waals surface area contributed by atoms with Crippen molar-refractivity contribution in [2.45, 2.75) is 38.8 Å². The summed E-state index contributed by atoms with van der Waals surface area (Å²) in [6.45, 7) is 2.09. The van der Waals surface area contributed by atoms with E-state index in [1.54, 1.807) is 25.6 Å². The smallest absolute Gasteiger partial charge is 0.332 e. The normalized spacial score (nSPS) is 12.4. The average Bonchev–Trinajstić information content (AvgIpc) is 2.77. The monoisotopic (exact) mass is 316 g/mol. The molecule has 0 spiro atoms. The first-order valence-electron chi connectivity index (χ1n) is 6.72. The molecule has 0 aliphatic rings. The molecule has 2 aromatic heterocycles. The van der Waals surface area contributed by atoms with Crippen LogP contribution in [0.3, 0.4) is 0 Å². The van der Waals surface area contributed by atoms with Crippen LogP contribution in [0.4, 0.5) is 0 Å². The second-order valence-corrected chi connectivity index (χ2v) is 5.17. The molecule has 1 unspecified atom stereocenters. The van der Waals surface area contributed by atoms with Crippen molar-refractivity contribution < 1.29 is 5.11 Å². The highest BCUT2D eigenvalue weighted by atomic mass is 35.5. The number of rotatable bonds is 5. The molecule has 0 amide bonds. The van der Waals surface area contributed by atoms with Crippen molar-refractivity contribution in [2.24, 2.45) is 14.1 Å². The Kier molecular flexibility index (Phi) is 5.74. The Bertz CT molecular complexity index is 729. The Morgan fingerprint density at radius 1 is 1.29 bits per heavy atom. The molecule has 0 bridgehead atoms. The van der Waals surface area contributed by atoms with Crippen molar-refractivity contribution in [3.63, 3.8) is 0 Å². The highest BCUT2D eigenvalue weighted by Crippen LogP contribution is 2.04. The van der Waals surface area contributed by atoms with Gasteiger partial charge in [-0.2, -0.15) is 0 Å². The van der Waals surface area contributed by atoms with Crippen LogP contribution in [0.25, 0.3) is 11.2 Å². The molecule has 2 heterocycles. The largest absolute Gasteiger partial charge is 0.393 e. The lowest BCUT2D eigenvalue weighted by atomic mass is 10.2. The molecule has 2 rings (SSSR count). The number of hydrogen-bond donors (Lipinski definition) is 1. The number of aryl methyl sites for hydroxylation is 2. The van der Waals surface area contributed by atoms with Gasteiger partial charge in [0.2, 0.25) is 0 Å². The van der Waals surface area contributed by atoms with Gasteiger partial charge in [-0.25, -0.2) is 9.78 Å². The molecule has 2 aromatic rings. The Balaban J connectivity index is 0.00000220. The minimum atomic E-state index is -0.353. The Labute approximate surface area is 128 Å². The maximum absolute atomic E-state index is 12.4. The first-order chi connectivity index (χ1) is 9.43. The van der Waals surface area contributed by atoms with E-state index >= 15 is 0 Å². The fourth-order valence-electron chi connectivity index (χ4n) is 2.30. The van der Waals surface area contributed by atoms with E-state index < -0.39 is 0 Å². The Morgan fingerprint density at radius 2 is 1.95 bits per heavy atom. The van der Waals surface area contributed by atoms with E-state index in [4.69, 9.17) is 0 Å². The van der Waals surface area contributed by atoms with Crippen LogP contribution in [0.5, 0.6) is 0 Å². The summed E-state index contributed by atoms with van der Waals surface area (Å²) in [4.78, 5) is 28.6. The maximum atomic E-state index is 12.4. The molecule has 0 saturated heterocycles. The Morgan fingerprint density at radius 3 is 2.57 bits per heavy atom. The summed E-state index contributed by atoms with van der Waals surface area (Å²) in [5, 5.41) is 9.21. The lowest BCUT2D eigenvalue weighted by Crippen LogP contribution is -2.39. The zero-order chi connectivity index (χ0) is 14.9.